The number of likely N-dealkylation sites (N-methyl/N-ethyl adjacent to an activating group) is 1. The van der Waals surface area contributed by atoms with Crippen LogP contribution in [0, 0.1) is 6.92 Å². The monoisotopic (exact) mass is 384 g/mol. The molecule has 7 heteroatoms. The van der Waals surface area contributed by atoms with E-state index in [0.29, 0.717) is 32.8 Å². The molecule has 1 heterocycles. The van der Waals surface area contributed by atoms with Crippen LogP contribution in [0.5, 0.6) is 0 Å². The first-order valence-electron chi connectivity index (χ1n) is 7.68. The number of hydrogen-bond donors (Lipinski definition) is 2. The molecule has 2 N–H and O–H groups in total. The second kappa shape index (κ2) is 8.42. The molecule has 1 aliphatic rings. The van der Waals surface area contributed by atoms with Crippen LogP contribution >= 0.6 is 15.9 Å². The van der Waals surface area contributed by atoms with Crippen molar-refractivity contribution in [3.05, 3.63) is 28.2 Å². The molecule has 1 atom stereocenters. The zero-order chi connectivity index (χ0) is 16.8. The lowest BCUT2D eigenvalue weighted by Gasteiger charge is -2.27. The number of rotatable bonds is 5. The van der Waals surface area contributed by atoms with Gasteiger partial charge in [0, 0.05) is 17.6 Å². The Balaban J connectivity index is 1.81. The molecule has 2 amide bonds. The summed E-state index contributed by atoms with van der Waals surface area (Å²) in [5.41, 5.74) is 1.86. The van der Waals surface area contributed by atoms with E-state index in [-0.39, 0.29) is 18.4 Å². The van der Waals surface area contributed by atoms with Gasteiger partial charge in [0.2, 0.25) is 0 Å². The summed E-state index contributed by atoms with van der Waals surface area (Å²) in [6, 6.07) is 5.76. The molecule has 1 aromatic rings. The summed E-state index contributed by atoms with van der Waals surface area (Å²) < 4.78 is 6.09. The van der Waals surface area contributed by atoms with Crippen LogP contribution in [0.4, 0.5) is 5.69 Å². The molecule has 0 aliphatic carbocycles. The highest BCUT2D eigenvalue weighted by Crippen LogP contribution is 2.22. The summed E-state index contributed by atoms with van der Waals surface area (Å²) in [6.07, 6.45) is 0. The zero-order valence-electron chi connectivity index (χ0n) is 13.5. The number of amides is 2. The number of ether oxygens (including phenoxy) is 1. The number of nitrogens with zero attached hydrogens (tertiary/aromatic N) is 1. The molecule has 0 saturated carbocycles. The van der Waals surface area contributed by atoms with Gasteiger partial charge in [0.15, 0.2) is 13.1 Å². The van der Waals surface area contributed by atoms with Gasteiger partial charge in [-0.1, -0.05) is 6.07 Å². The van der Waals surface area contributed by atoms with E-state index in [2.05, 4.69) is 21.2 Å². The van der Waals surface area contributed by atoms with E-state index < -0.39 is 0 Å². The fourth-order valence-corrected chi connectivity index (χ4v) is 3.03. The van der Waals surface area contributed by atoms with Crippen molar-refractivity contribution in [3.63, 3.8) is 0 Å². The molecule has 0 bridgehead atoms. The van der Waals surface area contributed by atoms with E-state index in [0.717, 1.165) is 20.6 Å². The van der Waals surface area contributed by atoms with Gasteiger partial charge >= 0.3 is 0 Å². The molecule has 1 unspecified atom stereocenters. The van der Waals surface area contributed by atoms with Crippen molar-refractivity contribution < 1.29 is 19.2 Å². The van der Waals surface area contributed by atoms with E-state index in [1.807, 2.05) is 32.2 Å². The second-order valence-corrected chi connectivity index (χ2v) is 6.69. The Kier molecular flexibility index (Phi) is 6.56. The number of hydrogen-bond acceptors (Lipinski definition) is 3. The van der Waals surface area contributed by atoms with Gasteiger partial charge in [-0.2, -0.15) is 0 Å². The zero-order valence-corrected chi connectivity index (χ0v) is 15.1. The lowest BCUT2D eigenvalue weighted by molar-refractivity contribution is -0.862. The SMILES string of the molecule is Cc1ccc(NC(=O)C[NH+](C)CC(=O)N2CCOCC2)c(Br)c1. The number of morpholine rings is 1. The van der Waals surface area contributed by atoms with Crippen LogP contribution in [0.25, 0.3) is 0 Å². The Morgan fingerprint density at radius 1 is 1.30 bits per heavy atom. The Morgan fingerprint density at radius 3 is 2.65 bits per heavy atom. The van der Waals surface area contributed by atoms with E-state index in [9.17, 15) is 9.59 Å². The molecule has 0 spiro atoms. The molecule has 6 nitrogen and oxygen atoms in total. The molecule has 2 rings (SSSR count). The highest BCUT2D eigenvalue weighted by atomic mass is 79.9. The molecule has 0 radical (unpaired) electrons. The number of halogens is 1. The van der Waals surface area contributed by atoms with Crippen LogP contribution in [0.3, 0.4) is 0 Å². The number of benzene rings is 1. The standard InChI is InChI=1S/C16H22BrN3O3/c1-12-3-4-14(13(17)9-12)18-15(21)10-19(2)11-16(22)20-5-7-23-8-6-20/h3-4,9H,5-8,10-11H2,1-2H3,(H,18,21)/p+1. The maximum atomic E-state index is 12.2. The maximum Gasteiger partial charge on any atom is 0.279 e. The van der Waals surface area contributed by atoms with Gasteiger partial charge in [0.05, 0.1) is 25.9 Å². The van der Waals surface area contributed by atoms with Gasteiger partial charge in [-0.15, -0.1) is 0 Å². The predicted octanol–water partition coefficient (Wildman–Crippen LogP) is 0.0695. The van der Waals surface area contributed by atoms with Crippen molar-refractivity contribution in [2.45, 2.75) is 6.92 Å². The van der Waals surface area contributed by atoms with E-state index >= 15 is 0 Å². The lowest BCUT2D eigenvalue weighted by atomic mass is 10.2. The minimum absolute atomic E-state index is 0.0649. The summed E-state index contributed by atoms with van der Waals surface area (Å²) >= 11 is 3.44. The average Bonchev–Trinajstić information content (AvgIpc) is 2.50. The summed E-state index contributed by atoms with van der Waals surface area (Å²) in [7, 11) is 1.85. The molecular weight excluding hydrogens is 362 g/mol. The first kappa shape index (κ1) is 17.9. The Bertz CT molecular complexity index is 574. The van der Waals surface area contributed by atoms with Crippen LogP contribution in [0.15, 0.2) is 22.7 Å². The minimum atomic E-state index is -0.109. The smallest absolute Gasteiger partial charge is 0.279 e. The summed E-state index contributed by atoms with van der Waals surface area (Å²) in [4.78, 5) is 26.9. The van der Waals surface area contributed by atoms with Crippen LogP contribution in [-0.2, 0) is 14.3 Å². The molecule has 23 heavy (non-hydrogen) atoms. The van der Waals surface area contributed by atoms with Crippen molar-refractivity contribution in [2.24, 2.45) is 0 Å². The second-order valence-electron chi connectivity index (χ2n) is 5.84. The predicted molar refractivity (Wildman–Crippen MR) is 91.5 cm³/mol. The van der Waals surface area contributed by atoms with Crippen LogP contribution in [0.1, 0.15) is 5.56 Å². The molecule has 1 fully saturated rings. The van der Waals surface area contributed by atoms with Gasteiger partial charge in [0.25, 0.3) is 11.8 Å². The Morgan fingerprint density at radius 2 is 2.00 bits per heavy atom. The molecule has 1 aliphatic heterocycles. The largest absolute Gasteiger partial charge is 0.378 e. The summed E-state index contributed by atoms with van der Waals surface area (Å²) in [5.74, 6) is -0.0445. The van der Waals surface area contributed by atoms with Crippen molar-refractivity contribution in [3.8, 4) is 0 Å². The lowest BCUT2D eigenvalue weighted by Crippen LogP contribution is -3.11. The first-order chi connectivity index (χ1) is 11.0. The maximum absolute atomic E-state index is 12.2. The quantitative estimate of drug-likeness (QED) is 0.754. The Labute approximate surface area is 144 Å². The molecule has 0 aromatic heterocycles. The number of carbonyl (C=O) groups is 2. The highest BCUT2D eigenvalue weighted by Gasteiger charge is 2.21. The molecule has 1 saturated heterocycles. The van der Waals surface area contributed by atoms with Gasteiger partial charge in [-0.05, 0) is 40.5 Å². The third-order valence-corrected chi connectivity index (χ3v) is 4.33. The van der Waals surface area contributed by atoms with Gasteiger partial charge < -0.3 is 19.9 Å². The molecular formula is C16H23BrN3O3+. The van der Waals surface area contributed by atoms with E-state index in [1.165, 1.54) is 0 Å². The van der Waals surface area contributed by atoms with Gasteiger partial charge in [-0.3, -0.25) is 9.59 Å². The van der Waals surface area contributed by atoms with Crippen LogP contribution in [-0.4, -0.2) is 63.2 Å². The van der Waals surface area contributed by atoms with Crippen LogP contribution < -0.4 is 10.2 Å². The molecule has 126 valence electrons. The number of carbonyl (C=O) groups excluding carboxylic acids is 2. The number of quaternary nitrogens is 1. The summed E-state index contributed by atoms with van der Waals surface area (Å²) in [5, 5.41) is 2.87. The third-order valence-electron chi connectivity index (χ3n) is 3.68. The first-order valence-corrected chi connectivity index (χ1v) is 8.48. The Hall–Kier alpha value is -1.44. The van der Waals surface area contributed by atoms with E-state index in [4.69, 9.17) is 4.74 Å². The van der Waals surface area contributed by atoms with Crippen molar-refractivity contribution >= 4 is 33.4 Å². The third kappa shape index (κ3) is 5.60. The highest BCUT2D eigenvalue weighted by molar-refractivity contribution is 9.10. The van der Waals surface area contributed by atoms with Gasteiger partial charge in [-0.25, -0.2) is 0 Å². The minimum Gasteiger partial charge on any atom is -0.378 e. The average molecular weight is 385 g/mol. The number of nitrogens with one attached hydrogen (secondary N) is 2. The molecule has 1 aromatic carbocycles. The fourth-order valence-electron chi connectivity index (χ4n) is 2.44. The summed E-state index contributed by atoms with van der Waals surface area (Å²) in [6.45, 7) is 4.99. The van der Waals surface area contributed by atoms with E-state index in [1.54, 1.807) is 4.90 Å². The topological polar surface area (TPSA) is 63.1 Å². The van der Waals surface area contributed by atoms with Crippen molar-refractivity contribution in [1.29, 1.82) is 0 Å². The van der Waals surface area contributed by atoms with Crippen molar-refractivity contribution in [1.82, 2.24) is 4.90 Å². The van der Waals surface area contributed by atoms with Crippen molar-refractivity contribution in [2.75, 3.05) is 51.8 Å². The van der Waals surface area contributed by atoms with Crippen LogP contribution in [0.2, 0.25) is 0 Å². The normalized spacial score (nSPS) is 16.0. The number of aryl methyl sites for hydroxylation is 1. The fraction of sp³-hybridized carbons (Fsp3) is 0.500. The number of anilines is 1. The van der Waals surface area contributed by atoms with Gasteiger partial charge in [0.1, 0.15) is 0 Å².